The summed E-state index contributed by atoms with van der Waals surface area (Å²) in [4.78, 5) is 3.71. The van der Waals surface area contributed by atoms with Crippen LogP contribution in [0.5, 0.6) is 0 Å². The summed E-state index contributed by atoms with van der Waals surface area (Å²) in [7, 11) is 0. The van der Waals surface area contributed by atoms with Crippen molar-refractivity contribution in [3.63, 3.8) is 0 Å². The molecule has 10 rings (SSSR count). The number of rotatable bonds is 3. The van der Waals surface area contributed by atoms with Crippen LogP contribution in [-0.4, -0.2) is 4.98 Å². The van der Waals surface area contributed by atoms with Crippen molar-refractivity contribution in [1.29, 1.82) is 0 Å². The molecule has 0 amide bonds. The maximum Gasteiger partial charge on any atom is 0.0544 e. The van der Waals surface area contributed by atoms with Gasteiger partial charge in [-0.25, -0.2) is 0 Å². The Morgan fingerprint density at radius 1 is 0.277 bits per heavy atom. The molecule has 0 aliphatic carbocycles. The lowest BCUT2D eigenvalue weighted by atomic mass is 9.85. The fourth-order valence-corrected chi connectivity index (χ4v) is 7.77. The largest absolute Gasteiger partial charge is 0.354 e. The second kappa shape index (κ2) is 10.2. The summed E-state index contributed by atoms with van der Waals surface area (Å²) in [5.74, 6) is 0. The minimum atomic E-state index is 1.16. The van der Waals surface area contributed by atoms with E-state index in [1.165, 1.54) is 92.8 Å². The Balaban J connectivity index is 1.18. The summed E-state index contributed by atoms with van der Waals surface area (Å²) in [6, 6.07) is 62.3. The van der Waals surface area contributed by atoms with Gasteiger partial charge in [-0.15, -0.1) is 0 Å². The maximum absolute atomic E-state index is 3.71. The first kappa shape index (κ1) is 26.1. The summed E-state index contributed by atoms with van der Waals surface area (Å²) < 4.78 is 0. The highest BCUT2D eigenvalue weighted by atomic mass is 14.7. The fourth-order valence-electron chi connectivity index (χ4n) is 7.77. The molecule has 47 heavy (non-hydrogen) atoms. The van der Waals surface area contributed by atoms with Crippen LogP contribution < -0.4 is 0 Å². The lowest BCUT2D eigenvalue weighted by Gasteiger charge is -2.18. The molecule has 0 unspecified atom stereocenters. The van der Waals surface area contributed by atoms with E-state index in [4.69, 9.17) is 0 Å². The zero-order valence-electron chi connectivity index (χ0n) is 25.7. The number of H-pyrrole nitrogens is 1. The molecule has 0 aliphatic heterocycles. The van der Waals surface area contributed by atoms with Gasteiger partial charge in [-0.05, 0) is 95.3 Å². The Kier molecular flexibility index (Phi) is 5.64. The standard InChI is InChI=1S/C46H29N/c1-2-12-31-26-35(21-20-29(31)10-1)45-39-18-7-5-16-37(39)44(38-17-6-8-19-40(38)45)34-14-9-13-32(27-34)33-23-25-43-42(28-33)41-24-22-30-11-3-4-15-36(30)46(41)47-43/h1-28,47H. The number of fused-ring (bicyclic) bond motifs is 8. The van der Waals surface area contributed by atoms with Crippen molar-refractivity contribution in [2.24, 2.45) is 0 Å². The molecule has 0 bridgehead atoms. The zero-order valence-corrected chi connectivity index (χ0v) is 25.7. The summed E-state index contributed by atoms with van der Waals surface area (Å²) in [6.07, 6.45) is 0. The van der Waals surface area contributed by atoms with Crippen LogP contribution in [0.25, 0.3) is 98.3 Å². The SMILES string of the molecule is c1cc(-c2ccc3[nH]c4c5ccccc5ccc4c3c2)cc(-c2c3ccccc3c(-c3ccc4ccccc4c3)c3ccccc23)c1. The Morgan fingerprint density at radius 2 is 0.809 bits per heavy atom. The van der Waals surface area contributed by atoms with E-state index in [0.717, 1.165) is 5.52 Å². The van der Waals surface area contributed by atoms with Gasteiger partial charge in [0.15, 0.2) is 0 Å². The van der Waals surface area contributed by atoms with Crippen molar-refractivity contribution in [3.05, 3.63) is 170 Å². The summed E-state index contributed by atoms with van der Waals surface area (Å²) >= 11 is 0. The molecule has 0 atom stereocenters. The minimum Gasteiger partial charge on any atom is -0.354 e. The van der Waals surface area contributed by atoms with Gasteiger partial charge in [-0.2, -0.15) is 0 Å². The first-order valence-electron chi connectivity index (χ1n) is 16.3. The molecular formula is C46H29N. The van der Waals surface area contributed by atoms with E-state index in [-0.39, 0.29) is 0 Å². The average molecular weight is 596 g/mol. The van der Waals surface area contributed by atoms with Gasteiger partial charge in [0.2, 0.25) is 0 Å². The van der Waals surface area contributed by atoms with Gasteiger partial charge in [-0.1, -0.05) is 146 Å². The van der Waals surface area contributed by atoms with Crippen LogP contribution in [0.3, 0.4) is 0 Å². The Bertz CT molecular complexity index is 2800. The molecule has 0 radical (unpaired) electrons. The third-order valence-electron chi connectivity index (χ3n) is 9.95. The highest BCUT2D eigenvalue weighted by Gasteiger charge is 2.17. The topological polar surface area (TPSA) is 15.8 Å². The Hall–Kier alpha value is -6.18. The first-order chi connectivity index (χ1) is 23.3. The fraction of sp³-hybridized carbons (Fsp3) is 0. The summed E-state index contributed by atoms with van der Waals surface area (Å²) in [5, 5.41) is 12.6. The van der Waals surface area contributed by atoms with E-state index in [1.54, 1.807) is 0 Å². The lowest BCUT2D eigenvalue weighted by Crippen LogP contribution is -1.91. The highest BCUT2D eigenvalue weighted by molar-refractivity contribution is 6.22. The van der Waals surface area contributed by atoms with Crippen LogP contribution in [-0.2, 0) is 0 Å². The van der Waals surface area contributed by atoms with Crippen molar-refractivity contribution in [1.82, 2.24) is 4.98 Å². The molecular weight excluding hydrogens is 567 g/mol. The molecule has 1 aromatic heterocycles. The number of hydrogen-bond donors (Lipinski definition) is 1. The van der Waals surface area contributed by atoms with Crippen LogP contribution in [0.15, 0.2) is 170 Å². The Labute approximate surface area is 272 Å². The van der Waals surface area contributed by atoms with Crippen LogP contribution >= 0.6 is 0 Å². The molecule has 1 N–H and O–H groups in total. The van der Waals surface area contributed by atoms with Crippen molar-refractivity contribution in [3.8, 4) is 33.4 Å². The van der Waals surface area contributed by atoms with Gasteiger partial charge in [0.25, 0.3) is 0 Å². The van der Waals surface area contributed by atoms with Crippen molar-refractivity contribution < 1.29 is 0 Å². The molecule has 0 spiro atoms. The highest BCUT2D eigenvalue weighted by Crippen LogP contribution is 2.45. The third-order valence-corrected chi connectivity index (χ3v) is 9.95. The van der Waals surface area contributed by atoms with Crippen LogP contribution in [0.1, 0.15) is 0 Å². The van der Waals surface area contributed by atoms with Crippen molar-refractivity contribution in [2.75, 3.05) is 0 Å². The number of nitrogens with one attached hydrogen (secondary N) is 1. The quantitative estimate of drug-likeness (QED) is 0.196. The maximum atomic E-state index is 3.71. The molecule has 0 saturated carbocycles. The number of aromatic nitrogens is 1. The molecule has 0 fully saturated rings. The monoisotopic (exact) mass is 595 g/mol. The normalized spacial score (nSPS) is 11.8. The minimum absolute atomic E-state index is 1.16. The Morgan fingerprint density at radius 3 is 1.53 bits per heavy atom. The molecule has 1 heterocycles. The van der Waals surface area contributed by atoms with Crippen molar-refractivity contribution in [2.45, 2.75) is 0 Å². The first-order valence-corrected chi connectivity index (χ1v) is 16.3. The van der Waals surface area contributed by atoms with Gasteiger partial charge in [-0.3, -0.25) is 0 Å². The smallest absolute Gasteiger partial charge is 0.0544 e. The molecule has 9 aromatic carbocycles. The van der Waals surface area contributed by atoms with Gasteiger partial charge < -0.3 is 4.98 Å². The van der Waals surface area contributed by atoms with Crippen LogP contribution in [0, 0.1) is 0 Å². The molecule has 218 valence electrons. The molecule has 0 saturated heterocycles. The molecule has 0 aliphatic rings. The molecule has 1 nitrogen and oxygen atoms in total. The predicted octanol–water partition coefficient (Wildman–Crippen LogP) is 12.9. The van der Waals surface area contributed by atoms with Gasteiger partial charge in [0.05, 0.1) is 5.52 Å². The van der Waals surface area contributed by atoms with Gasteiger partial charge in [0, 0.05) is 21.7 Å². The van der Waals surface area contributed by atoms with Crippen LogP contribution in [0.4, 0.5) is 0 Å². The zero-order chi connectivity index (χ0) is 30.9. The molecule has 10 aromatic rings. The third kappa shape index (κ3) is 4.03. The van der Waals surface area contributed by atoms with E-state index in [1.807, 2.05) is 0 Å². The lowest BCUT2D eigenvalue weighted by molar-refractivity contribution is 1.56. The number of hydrogen-bond acceptors (Lipinski definition) is 0. The van der Waals surface area contributed by atoms with Gasteiger partial charge in [0.1, 0.15) is 0 Å². The summed E-state index contributed by atoms with van der Waals surface area (Å²) in [5.41, 5.74) is 9.84. The van der Waals surface area contributed by atoms with E-state index in [2.05, 4.69) is 175 Å². The number of benzene rings is 9. The predicted molar refractivity (Wildman–Crippen MR) is 202 cm³/mol. The second-order valence-corrected chi connectivity index (χ2v) is 12.6. The van der Waals surface area contributed by atoms with E-state index < -0.39 is 0 Å². The van der Waals surface area contributed by atoms with Crippen LogP contribution in [0.2, 0.25) is 0 Å². The van der Waals surface area contributed by atoms with Gasteiger partial charge >= 0.3 is 0 Å². The van der Waals surface area contributed by atoms with E-state index >= 15 is 0 Å². The van der Waals surface area contributed by atoms with Crippen molar-refractivity contribution >= 4 is 64.9 Å². The average Bonchev–Trinajstić information content (AvgIpc) is 3.52. The number of aromatic amines is 1. The van der Waals surface area contributed by atoms with E-state index in [0.29, 0.717) is 0 Å². The second-order valence-electron chi connectivity index (χ2n) is 12.6. The van der Waals surface area contributed by atoms with E-state index in [9.17, 15) is 0 Å². The molecule has 1 heteroatoms. The summed E-state index contributed by atoms with van der Waals surface area (Å²) in [6.45, 7) is 0.